The van der Waals surface area contributed by atoms with Gasteiger partial charge in [-0.05, 0) is 55.5 Å². The van der Waals surface area contributed by atoms with E-state index in [4.69, 9.17) is 21.3 Å². The molecule has 1 aliphatic heterocycles. The monoisotopic (exact) mass is 560 g/mol. The molecule has 0 N–H and O–H groups in total. The summed E-state index contributed by atoms with van der Waals surface area (Å²) in [6.07, 6.45) is -1.02. The first-order valence-electron chi connectivity index (χ1n) is 12.8. The summed E-state index contributed by atoms with van der Waals surface area (Å²) in [6, 6.07) is 28.6. The van der Waals surface area contributed by atoms with Crippen LogP contribution in [-0.2, 0) is 4.74 Å². The molecule has 0 saturated carbocycles. The fourth-order valence-electron chi connectivity index (χ4n) is 4.83. The average Bonchev–Trinajstić information content (AvgIpc) is 3.26. The first kappa shape index (κ1) is 26.1. The number of carbonyl (C=O) groups is 4. The minimum atomic E-state index is -1.02. The van der Waals surface area contributed by atoms with Crippen molar-refractivity contribution in [2.75, 3.05) is 4.90 Å². The third kappa shape index (κ3) is 4.77. The van der Waals surface area contributed by atoms with E-state index in [1.54, 1.807) is 103 Å². The lowest BCUT2D eigenvalue weighted by Gasteiger charge is -2.16. The van der Waals surface area contributed by atoms with E-state index in [0.29, 0.717) is 49.6 Å². The van der Waals surface area contributed by atoms with Gasteiger partial charge in [0.15, 0.2) is 6.10 Å². The molecule has 8 heteroatoms. The molecule has 7 nitrogen and oxygen atoms in total. The fraction of sp³-hybridized carbons (Fsp3) is 0.0606. The van der Waals surface area contributed by atoms with Gasteiger partial charge in [0.25, 0.3) is 11.8 Å². The molecule has 2 amide bonds. The number of imide groups is 1. The van der Waals surface area contributed by atoms with E-state index in [1.165, 1.54) is 6.92 Å². The van der Waals surface area contributed by atoms with Crippen LogP contribution < -0.4 is 4.90 Å². The molecule has 0 fully saturated rings. The summed E-state index contributed by atoms with van der Waals surface area (Å²) in [4.78, 5) is 57.8. The van der Waals surface area contributed by atoms with Crippen molar-refractivity contribution in [3.8, 4) is 11.3 Å². The van der Waals surface area contributed by atoms with E-state index in [1.807, 2.05) is 0 Å². The van der Waals surface area contributed by atoms with Crippen molar-refractivity contribution in [3.05, 3.63) is 130 Å². The molecule has 0 aliphatic carbocycles. The highest BCUT2D eigenvalue weighted by Crippen LogP contribution is 2.32. The predicted molar refractivity (Wildman–Crippen MR) is 155 cm³/mol. The van der Waals surface area contributed by atoms with E-state index in [2.05, 4.69) is 0 Å². The number of anilines is 1. The molecule has 0 spiro atoms. The average molecular weight is 561 g/mol. The van der Waals surface area contributed by atoms with Gasteiger partial charge in [-0.2, -0.15) is 0 Å². The van der Waals surface area contributed by atoms with Crippen molar-refractivity contribution in [2.45, 2.75) is 13.0 Å². The topological polar surface area (TPSA) is 93.6 Å². The highest BCUT2D eigenvalue weighted by Gasteiger charge is 2.36. The Morgan fingerprint density at radius 3 is 2.10 bits per heavy atom. The third-order valence-corrected chi connectivity index (χ3v) is 7.15. The molecule has 1 aromatic heterocycles. The summed E-state index contributed by atoms with van der Waals surface area (Å²) < 4.78 is 5.59. The molecule has 0 saturated heterocycles. The Kier molecular flexibility index (Phi) is 6.65. The van der Waals surface area contributed by atoms with Crippen molar-refractivity contribution in [2.24, 2.45) is 0 Å². The number of halogens is 1. The lowest BCUT2D eigenvalue weighted by Crippen LogP contribution is -2.29. The number of nitrogens with zero attached hydrogens (tertiary/aromatic N) is 2. The number of hydrogen-bond acceptors (Lipinski definition) is 6. The van der Waals surface area contributed by atoms with Crippen molar-refractivity contribution >= 4 is 51.8 Å². The molecule has 1 atom stereocenters. The summed E-state index contributed by atoms with van der Waals surface area (Å²) >= 11 is 6.23. The lowest BCUT2D eigenvalue weighted by atomic mass is 10.0. The summed E-state index contributed by atoms with van der Waals surface area (Å²) in [5.41, 5.74) is 3.39. The van der Waals surface area contributed by atoms with Crippen LogP contribution in [0.2, 0.25) is 5.02 Å². The number of amides is 2. The van der Waals surface area contributed by atoms with Gasteiger partial charge in [-0.15, -0.1) is 0 Å². The second kappa shape index (κ2) is 10.4. The van der Waals surface area contributed by atoms with Crippen LogP contribution in [0.25, 0.3) is 22.2 Å². The number of aromatic nitrogens is 1. The first-order chi connectivity index (χ1) is 19.8. The molecule has 1 unspecified atom stereocenters. The van der Waals surface area contributed by atoms with Crippen LogP contribution in [0.3, 0.4) is 0 Å². The van der Waals surface area contributed by atoms with E-state index in [9.17, 15) is 19.2 Å². The molecule has 4 aromatic carbocycles. The maximum absolute atomic E-state index is 13.4. The molecular weight excluding hydrogens is 540 g/mol. The number of carbonyl (C=O) groups excluding carboxylic acids is 4. The normalized spacial score (nSPS) is 13.3. The third-order valence-electron chi connectivity index (χ3n) is 6.92. The van der Waals surface area contributed by atoms with Crippen LogP contribution >= 0.6 is 11.6 Å². The van der Waals surface area contributed by atoms with Gasteiger partial charge in [-0.25, -0.2) is 14.7 Å². The highest BCUT2D eigenvalue weighted by atomic mass is 35.5. The predicted octanol–water partition coefficient (Wildman–Crippen LogP) is 6.78. The maximum atomic E-state index is 13.4. The van der Waals surface area contributed by atoms with E-state index in [0.717, 1.165) is 4.90 Å². The van der Waals surface area contributed by atoms with Crippen molar-refractivity contribution in [1.29, 1.82) is 0 Å². The van der Waals surface area contributed by atoms with Gasteiger partial charge in [0.1, 0.15) is 0 Å². The van der Waals surface area contributed by atoms with E-state index < -0.39 is 12.1 Å². The molecule has 200 valence electrons. The van der Waals surface area contributed by atoms with Crippen LogP contribution in [-0.4, -0.2) is 34.7 Å². The van der Waals surface area contributed by atoms with Crippen molar-refractivity contribution in [3.63, 3.8) is 0 Å². The molecule has 2 heterocycles. The number of Topliss-reactive ketones (excluding diaryl/α,β-unsaturated/α-hetero) is 1. The van der Waals surface area contributed by atoms with Gasteiger partial charge in [0, 0.05) is 21.5 Å². The van der Waals surface area contributed by atoms with Crippen molar-refractivity contribution in [1.82, 2.24) is 4.98 Å². The number of fused-ring (bicyclic) bond motifs is 2. The number of benzene rings is 4. The largest absolute Gasteiger partial charge is 0.451 e. The molecule has 6 rings (SSSR count). The van der Waals surface area contributed by atoms with Gasteiger partial charge in [0.2, 0.25) is 5.78 Å². The molecule has 1 aliphatic rings. The zero-order chi connectivity index (χ0) is 28.7. The number of esters is 1. The summed E-state index contributed by atoms with van der Waals surface area (Å²) in [7, 11) is 0. The quantitative estimate of drug-likeness (QED) is 0.129. The summed E-state index contributed by atoms with van der Waals surface area (Å²) in [5, 5.41) is 0.896. The Labute approximate surface area is 240 Å². The van der Waals surface area contributed by atoms with E-state index in [-0.39, 0.29) is 23.2 Å². The maximum Gasteiger partial charge on any atom is 0.339 e. The zero-order valence-corrected chi connectivity index (χ0v) is 22.5. The van der Waals surface area contributed by atoms with Crippen molar-refractivity contribution < 1.29 is 23.9 Å². The Morgan fingerprint density at radius 2 is 1.44 bits per heavy atom. The smallest absolute Gasteiger partial charge is 0.339 e. The Bertz CT molecular complexity index is 1830. The number of ether oxygens (including phenoxy) is 1. The molecule has 0 radical (unpaired) electrons. The first-order valence-corrected chi connectivity index (χ1v) is 13.2. The van der Waals surface area contributed by atoms with Gasteiger partial charge in [0.05, 0.1) is 33.6 Å². The molecular formula is C33H21ClN2O5. The molecule has 0 bridgehead atoms. The lowest BCUT2D eigenvalue weighted by molar-refractivity contribution is 0.0320. The SMILES string of the molecule is CC(OC(=O)c1cc(-c2ccc(N3C(=O)c4ccccc4C3=O)cc2)nc2ccc(Cl)cc12)C(=O)c1ccccc1. The Hall–Kier alpha value is -5.14. The second-order valence-corrected chi connectivity index (χ2v) is 9.97. The standard InChI is InChI=1S/C33H21ClN2O5/c1-19(30(37)21-7-3-2-4-8-21)41-33(40)27-18-29(35-28-16-13-22(34)17-26(27)28)20-11-14-23(15-12-20)36-31(38)24-9-5-6-10-25(24)32(36)39/h2-19H,1H3. The van der Waals surface area contributed by atoms with Crippen LogP contribution in [0.4, 0.5) is 5.69 Å². The van der Waals surface area contributed by atoms with Gasteiger partial charge in [-0.1, -0.05) is 66.2 Å². The van der Waals surface area contributed by atoms with Gasteiger partial charge >= 0.3 is 5.97 Å². The van der Waals surface area contributed by atoms with Crippen LogP contribution in [0.5, 0.6) is 0 Å². The van der Waals surface area contributed by atoms with Crippen LogP contribution in [0.15, 0.2) is 103 Å². The fourth-order valence-corrected chi connectivity index (χ4v) is 5.01. The summed E-state index contributed by atoms with van der Waals surface area (Å²) in [5.74, 6) is -1.79. The minimum absolute atomic E-state index is 0.199. The Morgan fingerprint density at radius 1 is 0.805 bits per heavy atom. The zero-order valence-electron chi connectivity index (χ0n) is 21.7. The number of pyridine rings is 1. The number of hydrogen-bond donors (Lipinski definition) is 0. The number of ketones is 1. The Balaban J connectivity index is 1.32. The second-order valence-electron chi connectivity index (χ2n) is 9.53. The van der Waals surface area contributed by atoms with Gasteiger partial charge in [-0.3, -0.25) is 14.4 Å². The highest BCUT2D eigenvalue weighted by molar-refractivity contribution is 6.34. The number of rotatable bonds is 6. The minimum Gasteiger partial charge on any atom is -0.451 e. The van der Waals surface area contributed by atoms with E-state index >= 15 is 0 Å². The molecule has 41 heavy (non-hydrogen) atoms. The van der Waals surface area contributed by atoms with Crippen LogP contribution in [0.1, 0.15) is 48.4 Å². The van der Waals surface area contributed by atoms with Crippen LogP contribution in [0, 0.1) is 0 Å². The summed E-state index contributed by atoms with van der Waals surface area (Å²) in [6.45, 7) is 1.53. The van der Waals surface area contributed by atoms with Gasteiger partial charge < -0.3 is 4.74 Å². The molecule has 5 aromatic rings.